The largest absolute Gasteiger partial charge is 0.367 e. The molecule has 0 aliphatic carbocycles. The minimum atomic E-state index is -0.106. The van der Waals surface area contributed by atoms with Crippen LogP contribution in [-0.2, 0) is 4.79 Å². The van der Waals surface area contributed by atoms with Gasteiger partial charge in [-0.2, -0.15) is 0 Å². The number of anilines is 1. The van der Waals surface area contributed by atoms with E-state index in [0.29, 0.717) is 20.9 Å². The van der Waals surface area contributed by atoms with Crippen molar-refractivity contribution in [3.05, 3.63) is 67.1 Å². The highest BCUT2D eigenvalue weighted by Crippen LogP contribution is 2.33. The maximum absolute atomic E-state index is 12.7. The molecule has 1 N–H and O–H groups in total. The Balaban J connectivity index is 1.74. The average Bonchev–Trinajstić information content (AvgIpc) is 2.83. The van der Waals surface area contributed by atoms with E-state index in [0.717, 1.165) is 16.8 Å². The molecule has 0 atom stereocenters. The quantitative estimate of drug-likeness (QED) is 0.340. The van der Waals surface area contributed by atoms with E-state index in [2.05, 4.69) is 34.0 Å². The first-order valence-corrected chi connectivity index (χ1v) is 10.1. The van der Waals surface area contributed by atoms with Crippen LogP contribution in [-0.4, -0.2) is 21.8 Å². The summed E-state index contributed by atoms with van der Waals surface area (Å²) in [5.74, 6) is -0.106. The summed E-state index contributed by atoms with van der Waals surface area (Å²) in [5, 5.41) is 3.90. The smallest absolute Gasteiger partial charge is 0.267 e. The number of carbonyl (C=O) groups is 1. The van der Waals surface area contributed by atoms with Crippen LogP contribution >= 0.6 is 58.2 Å². The van der Waals surface area contributed by atoms with Crippen LogP contribution < -0.4 is 5.32 Å². The highest BCUT2D eigenvalue weighted by Gasteiger charge is 2.31. The lowest BCUT2D eigenvalue weighted by Crippen LogP contribution is -2.33. The van der Waals surface area contributed by atoms with Crippen molar-refractivity contribution in [1.82, 2.24) is 4.90 Å². The van der Waals surface area contributed by atoms with Gasteiger partial charge >= 0.3 is 0 Å². The van der Waals surface area contributed by atoms with Gasteiger partial charge in [0.15, 0.2) is 0 Å². The maximum atomic E-state index is 12.7. The van der Waals surface area contributed by atoms with Crippen LogP contribution in [0.4, 0.5) is 5.69 Å². The van der Waals surface area contributed by atoms with Gasteiger partial charge in [0.2, 0.25) is 0 Å². The molecule has 7 heteroatoms. The Morgan fingerprint density at radius 2 is 2.08 bits per heavy atom. The second-order valence-corrected chi connectivity index (χ2v) is 8.75. The zero-order chi connectivity index (χ0) is 18.0. The number of hydrogen-bond donors (Lipinski definition) is 1. The van der Waals surface area contributed by atoms with Crippen molar-refractivity contribution >= 4 is 80.2 Å². The van der Waals surface area contributed by atoms with E-state index in [1.807, 2.05) is 37.3 Å². The Morgan fingerprint density at radius 1 is 1.32 bits per heavy atom. The summed E-state index contributed by atoms with van der Waals surface area (Å²) in [4.78, 5) is 14.8. The summed E-state index contributed by atoms with van der Waals surface area (Å²) in [7, 11) is 0. The fraction of sp³-hybridized carbons (Fsp3) is 0.111. The lowest BCUT2D eigenvalue weighted by atomic mass is 10.2. The molecule has 1 amide bonds. The number of carbonyl (C=O) groups excluding carboxylic acids is 1. The zero-order valence-corrected chi connectivity index (χ0v) is 17.8. The lowest BCUT2D eigenvalue weighted by molar-refractivity contribution is -0.121. The Labute approximate surface area is 175 Å². The number of amides is 1. The van der Waals surface area contributed by atoms with Gasteiger partial charge in [-0.25, -0.2) is 0 Å². The van der Waals surface area contributed by atoms with Gasteiger partial charge in [0.05, 0.1) is 11.6 Å². The van der Waals surface area contributed by atoms with Crippen molar-refractivity contribution in [2.24, 2.45) is 0 Å². The van der Waals surface area contributed by atoms with Gasteiger partial charge in [0, 0.05) is 14.3 Å². The van der Waals surface area contributed by atoms with Gasteiger partial charge in [0.1, 0.15) is 4.32 Å². The molecule has 3 nitrogen and oxygen atoms in total. The van der Waals surface area contributed by atoms with Crippen LogP contribution in [0.3, 0.4) is 0 Å². The van der Waals surface area contributed by atoms with Crippen molar-refractivity contribution in [2.75, 3.05) is 12.0 Å². The third-order valence-corrected chi connectivity index (χ3v) is 6.07. The molecule has 3 rings (SSSR count). The van der Waals surface area contributed by atoms with Crippen molar-refractivity contribution in [3.63, 3.8) is 0 Å². The molecule has 1 aliphatic rings. The third-order valence-electron chi connectivity index (χ3n) is 3.68. The molecule has 2 aromatic rings. The second kappa shape index (κ2) is 8.07. The molecule has 1 saturated heterocycles. The topological polar surface area (TPSA) is 32.3 Å². The van der Waals surface area contributed by atoms with Crippen molar-refractivity contribution in [1.29, 1.82) is 0 Å². The van der Waals surface area contributed by atoms with Crippen LogP contribution in [0.2, 0.25) is 5.02 Å². The van der Waals surface area contributed by atoms with Crippen LogP contribution in [0, 0.1) is 10.5 Å². The molecule has 0 bridgehead atoms. The van der Waals surface area contributed by atoms with E-state index in [4.69, 9.17) is 23.8 Å². The number of thioether (sulfide) groups is 1. The van der Waals surface area contributed by atoms with Crippen LogP contribution in [0.1, 0.15) is 11.1 Å². The van der Waals surface area contributed by atoms with Crippen molar-refractivity contribution < 1.29 is 4.79 Å². The molecular formula is C18H14ClIN2OS2. The normalized spacial score (nSPS) is 16.0. The number of halogens is 2. The SMILES string of the molecule is Cc1cc(I)ccc1NCN1C(=O)C(=Cc2ccccc2Cl)SC1=S. The Kier molecular flexibility index (Phi) is 6.04. The molecule has 1 heterocycles. The molecule has 0 aromatic heterocycles. The third kappa shape index (κ3) is 4.36. The van der Waals surface area contributed by atoms with Gasteiger partial charge < -0.3 is 5.32 Å². The highest BCUT2D eigenvalue weighted by molar-refractivity contribution is 14.1. The molecule has 0 saturated carbocycles. The fourth-order valence-electron chi connectivity index (χ4n) is 2.36. The Bertz CT molecular complexity index is 885. The number of hydrogen-bond acceptors (Lipinski definition) is 4. The molecule has 1 aliphatic heterocycles. The molecule has 25 heavy (non-hydrogen) atoms. The maximum Gasteiger partial charge on any atom is 0.267 e. The van der Waals surface area contributed by atoms with Gasteiger partial charge in [-0.3, -0.25) is 9.69 Å². The molecule has 1 fully saturated rings. The molecule has 0 spiro atoms. The highest BCUT2D eigenvalue weighted by atomic mass is 127. The molecular weight excluding hydrogens is 487 g/mol. The van der Waals surface area contributed by atoms with Crippen LogP contribution in [0.5, 0.6) is 0 Å². The fourth-order valence-corrected chi connectivity index (χ4v) is 4.44. The first kappa shape index (κ1) is 18.7. The van der Waals surface area contributed by atoms with E-state index < -0.39 is 0 Å². The average molecular weight is 501 g/mol. The van der Waals surface area contributed by atoms with E-state index in [1.165, 1.54) is 15.3 Å². The van der Waals surface area contributed by atoms with Crippen molar-refractivity contribution in [2.45, 2.75) is 6.92 Å². The van der Waals surface area contributed by atoms with Gasteiger partial charge in [0.25, 0.3) is 5.91 Å². The number of nitrogens with zero attached hydrogens (tertiary/aromatic N) is 1. The van der Waals surface area contributed by atoms with E-state index >= 15 is 0 Å². The minimum Gasteiger partial charge on any atom is -0.367 e. The summed E-state index contributed by atoms with van der Waals surface area (Å²) in [6, 6.07) is 13.5. The number of rotatable bonds is 4. The van der Waals surface area contributed by atoms with Gasteiger partial charge in [-0.15, -0.1) is 0 Å². The summed E-state index contributed by atoms with van der Waals surface area (Å²) >= 11 is 15.1. The summed E-state index contributed by atoms with van der Waals surface area (Å²) in [5.41, 5.74) is 2.93. The summed E-state index contributed by atoms with van der Waals surface area (Å²) in [6.07, 6.45) is 1.79. The predicted octanol–water partition coefficient (Wildman–Crippen LogP) is 5.52. The van der Waals surface area contributed by atoms with Gasteiger partial charge in [-0.1, -0.05) is 53.8 Å². The molecule has 128 valence electrons. The standard InChI is InChI=1S/C18H14ClIN2OS2/c1-11-8-13(20)6-7-15(11)21-10-22-17(23)16(25-18(22)24)9-12-4-2-3-5-14(12)19/h2-9,21H,10H2,1H3. The Hall–Kier alpha value is -1.09. The van der Waals surface area contributed by atoms with E-state index in [-0.39, 0.29) is 5.91 Å². The number of nitrogens with one attached hydrogen (secondary N) is 1. The minimum absolute atomic E-state index is 0.106. The zero-order valence-electron chi connectivity index (χ0n) is 13.3. The summed E-state index contributed by atoms with van der Waals surface area (Å²) in [6.45, 7) is 2.37. The molecule has 0 radical (unpaired) electrons. The molecule has 2 aromatic carbocycles. The lowest BCUT2D eigenvalue weighted by Gasteiger charge is -2.17. The molecule has 0 unspecified atom stereocenters. The van der Waals surface area contributed by atoms with Gasteiger partial charge in [-0.05, 0) is 71.0 Å². The van der Waals surface area contributed by atoms with Crippen molar-refractivity contribution in [3.8, 4) is 0 Å². The Morgan fingerprint density at radius 3 is 2.80 bits per heavy atom. The van der Waals surface area contributed by atoms with E-state index in [1.54, 1.807) is 17.0 Å². The number of benzene rings is 2. The first-order chi connectivity index (χ1) is 12.0. The van der Waals surface area contributed by atoms with Crippen LogP contribution in [0.25, 0.3) is 6.08 Å². The predicted molar refractivity (Wildman–Crippen MR) is 119 cm³/mol. The summed E-state index contributed by atoms with van der Waals surface area (Å²) < 4.78 is 1.72. The van der Waals surface area contributed by atoms with E-state index in [9.17, 15) is 4.79 Å². The monoisotopic (exact) mass is 500 g/mol. The second-order valence-electron chi connectivity index (χ2n) is 5.43. The number of aryl methyl sites for hydroxylation is 1. The van der Waals surface area contributed by atoms with Crippen LogP contribution in [0.15, 0.2) is 47.4 Å². The first-order valence-electron chi connectivity index (χ1n) is 7.45. The number of thiocarbonyl (C=S) groups is 1.